The highest BCUT2D eigenvalue weighted by atomic mass is 32.2. The van der Waals surface area contributed by atoms with Gasteiger partial charge in [-0.25, -0.2) is 33.4 Å². The lowest BCUT2D eigenvalue weighted by Crippen LogP contribution is -2.68. The lowest BCUT2D eigenvalue weighted by Gasteiger charge is -2.36. The van der Waals surface area contributed by atoms with Gasteiger partial charge in [-0.05, 0) is 13.8 Å². The number of carboxylic acid groups (broad SMARTS) is 1. The molecule has 2 aromatic heterocycles. The number of H-pyrrole nitrogens is 1. The molecular weight excluding hydrogens is 660 g/mol. The molecule has 1 atom stereocenters. The lowest BCUT2D eigenvalue weighted by atomic mass is 10.1. The molecular formula is C22H24N10O12S2. The number of thiazole rings is 1. The minimum atomic E-state index is -4.90. The van der Waals surface area contributed by atoms with E-state index in [4.69, 9.17) is 10.6 Å². The van der Waals surface area contributed by atoms with E-state index in [0.29, 0.717) is 9.91 Å². The Morgan fingerprint density at radius 2 is 1.91 bits per heavy atom. The van der Waals surface area contributed by atoms with Crippen LogP contribution in [-0.4, -0.2) is 116 Å². The number of aliphatic carboxylic acids is 1. The number of aromatic nitrogens is 2. The maximum atomic E-state index is 12.9. The molecule has 24 heteroatoms. The number of urea groups is 2. The normalized spacial score (nSPS) is 17.0. The van der Waals surface area contributed by atoms with E-state index in [2.05, 4.69) is 25.9 Å². The summed E-state index contributed by atoms with van der Waals surface area (Å²) in [7, 11) is -4.90. The molecule has 0 aliphatic carbocycles. The Hall–Kier alpha value is -5.78. The predicted molar refractivity (Wildman–Crippen MR) is 152 cm³/mol. The van der Waals surface area contributed by atoms with E-state index in [-0.39, 0.29) is 27.4 Å². The molecule has 4 rings (SSSR count). The van der Waals surface area contributed by atoms with Gasteiger partial charge in [0, 0.05) is 17.6 Å². The number of hydrazine groups is 1. The summed E-state index contributed by atoms with van der Waals surface area (Å²) in [6.45, 7) is 0.924. The molecule has 2 fully saturated rings. The molecule has 1 unspecified atom stereocenters. The van der Waals surface area contributed by atoms with Gasteiger partial charge in [-0.2, -0.15) is 8.42 Å². The first kappa shape index (κ1) is 33.1. The van der Waals surface area contributed by atoms with Crippen LogP contribution in [0.5, 0.6) is 5.75 Å². The number of nitrogen functional groups attached to an aromatic ring is 1. The number of imide groups is 1. The van der Waals surface area contributed by atoms with Crippen LogP contribution in [0.4, 0.5) is 14.7 Å². The highest BCUT2D eigenvalue weighted by molar-refractivity contribution is 7.88. The van der Waals surface area contributed by atoms with Gasteiger partial charge in [0.1, 0.15) is 17.4 Å². The van der Waals surface area contributed by atoms with Gasteiger partial charge in [-0.15, -0.1) is 11.3 Å². The van der Waals surface area contributed by atoms with Gasteiger partial charge in [-0.1, -0.05) is 5.16 Å². The summed E-state index contributed by atoms with van der Waals surface area (Å²) in [6.07, 6.45) is 0.837. The Labute approximate surface area is 260 Å². The van der Waals surface area contributed by atoms with Gasteiger partial charge < -0.3 is 31.1 Å². The molecule has 0 radical (unpaired) electrons. The number of hydrogen-bond donors (Lipinski definition) is 7. The van der Waals surface area contributed by atoms with Crippen molar-refractivity contribution in [2.45, 2.75) is 25.5 Å². The summed E-state index contributed by atoms with van der Waals surface area (Å²) in [6, 6.07) is -3.34. The minimum Gasteiger partial charge on any atom is -0.503 e. The summed E-state index contributed by atoms with van der Waals surface area (Å²) in [5.41, 5.74) is 3.93. The summed E-state index contributed by atoms with van der Waals surface area (Å²) >= 11 is 0.928. The number of aromatic amines is 1. The Bertz CT molecular complexity index is 1840. The van der Waals surface area contributed by atoms with Crippen molar-refractivity contribution in [1.82, 2.24) is 39.6 Å². The Morgan fingerprint density at radius 1 is 1.22 bits per heavy atom. The average Bonchev–Trinajstić information content (AvgIpc) is 3.56. The number of anilines is 1. The first-order valence-corrected chi connectivity index (χ1v) is 14.9. The maximum absolute atomic E-state index is 12.9. The first-order valence-electron chi connectivity index (χ1n) is 12.6. The SMILES string of the molecule is CC(C)(O/N=C(/C(=O)NC1CN(C(=O)NS(=O)(=O)N2CCN(NC(=O)c3cc(=O)c(O)c[nH]3)C2=O)C1=O)c1csc(N)n1)C(=O)O. The van der Waals surface area contributed by atoms with Crippen molar-refractivity contribution in [2.75, 3.05) is 25.4 Å². The number of carbonyl (C=O) groups is 6. The zero-order valence-corrected chi connectivity index (χ0v) is 25.2. The summed E-state index contributed by atoms with van der Waals surface area (Å²) < 4.78 is 27.3. The number of nitrogens with one attached hydrogen (secondary N) is 4. The molecule has 7 amide bonds. The number of nitrogens with two attached hydrogens (primary N) is 1. The molecule has 8 N–H and O–H groups in total. The number of nitrogens with zero attached hydrogens (tertiary/aromatic N) is 5. The third kappa shape index (κ3) is 6.80. The topological polar surface area (TPSA) is 316 Å². The van der Waals surface area contributed by atoms with Crippen LogP contribution in [0.25, 0.3) is 0 Å². The van der Waals surface area contributed by atoms with Crippen LogP contribution in [0.2, 0.25) is 0 Å². The Kier molecular flexibility index (Phi) is 8.86. The number of hydrogen-bond acceptors (Lipinski definition) is 15. The maximum Gasteiger partial charge on any atom is 0.353 e. The Balaban J connectivity index is 1.35. The smallest absolute Gasteiger partial charge is 0.353 e. The number of amides is 7. The van der Waals surface area contributed by atoms with Crippen LogP contribution in [0, 0.1) is 0 Å². The number of rotatable bonds is 10. The van der Waals surface area contributed by atoms with Crippen LogP contribution in [-0.2, 0) is 29.4 Å². The van der Waals surface area contributed by atoms with Crippen LogP contribution in [0.15, 0.2) is 27.6 Å². The van der Waals surface area contributed by atoms with Crippen molar-refractivity contribution < 1.29 is 52.2 Å². The van der Waals surface area contributed by atoms with Crippen LogP contribution in [0.3, 0.4) is 0 Å². The third-order valence-corrected chi connectivity index (χ3v) is 8.22. The van der Waals surface area contributed by atoms with Gasteiger partial charge in [0.15, 0.2) is 16.6 Å². The highest BCUT2D eigenvalue weighted by Gasteiger charge is 2.46. The number of β-lactam (4-membered cyclic amide) rings is 1. The van der Waals surface area contributed by atoms with E-state index in [0.717, 1.165) is 37.4 Å². The number of oxime groups is 1. The molecule has 0 spiro atoms. The molecule has 4 heterocycles. The zero-order valence-electron chi connectivity index (χ0n) is 23.5. The van der Waals surface area contributed by atoms with Crippen molar-refractivity contribution >= 4 is 68.1 Å². The van der Waals surface area contributed by atoms with Crippen molar-refractivity contribution in [3.8, 4) is 5.75 Å². The molecule has 0 saturated carbocycles. The second-order valence-corrected chi connectivity index (χ2v) is 12.3. The number of pyridine rings is 1. The van der Waals surface area contributed by atoms with E-state index in [1.807, 2.05) is 0 Å². The fraction of sp³-hybridized carbons (Fsp3) is 0.318. The highest BCUT2D eigenvalue weighted by Crippen LogP contribution is 2.18. The predicted octanol–water partition coefficient (Wildman–Crippen LogP) is -2.93. The van der Waals surface area contributed by atoms with Crippen molar-refractivity contribution in [3.63, 3.8) is 0 Å². The summed E-state index contributed by atoms with van der Waals surface area (Å²) in [4.78, 5) is 97.6. The van der Waals surface area contributed by atoms with Crippen LogP contribution in [0.1, 0.15) is 30.0 Å². The van der Waals surface area contributed by atoms with E-state index < -0.39 is 87.6 Å². The quantitative estimate of drug-likeness (QED) is 0.0749. The van der Waals surface area contributed by atoms with Crippen molar-refractivity contribution in [1.29, 1.82) is 0 Å². The van der Waals surface area contributed by atoms with Crippen molar-refractivity contribution in [2.24, 2.45) is 5.16 Å². The molecule has 22 nitrogen and oxygen atoms in total. The Morgan fingerprint density at radius 3 is 2.50 bits per heavy atom. The van der Waals surface area contributed by atoms with E-state index >= 15 is 0 Å². The number of likely N-dealkylation sites (tertiary alicyclic amines) is 1. The van der Waals surface area contributed by atoms with Crippen molar-refractivity contribution in [3.05, 3.63) is 39.3 Å². The number of carboxylic acids is 1. The fourth-order valence-electron chi connectivity index (χ4n) is 3.58. The molecule has 246 valence electrons. The van der Waals surface area contributed by atoms with Gasteiger partial charge in [0.05, 0.1) is 19.6 Å². The molecule has 2 saturated heterocycles. The molecule has 2 aromatic rings. The molecule has 2 aliphatic rings. The molecule has 0 bridgehead atoms. The van der Waals surface area contributed by atoms with Gasteiger partial charge in [0.2, 0.25) is 11.0 Å². The fourth-order valence-corrected chi connectivity index (χ4v) is 5.20. The molecule has 0 aromatic carbocycles. The first-order chi connectivity index (χ1) is 21.4. The summed E-state index contributed by atoms with van der Waals surface area (Å²) in [5, 5.41) is 26.3. The molecule has 2 aliphatic heterocycles. The van der Waals surface area contributed by atoms with E-state index in [1.165, 1.54) is 5.38 Å². The van der Waals surface area contributed by atoms with E-state index in [1.54, 1.807) is 4.72 Å². The second kappa shape index (κ2) is 12.3. The second-order valence-electron chi connectivity index (χ2n) is 9.85. The van der Waals surface area contributed by atoms with Crippen LogP contribution < -0.4 is 26.6 Å². The minimum absolute atomic E-state index is 0.0347. The zero-order chi connectivity index (χ0) is 34.1. The summed E-state index contributed by atoms with van der Waals surface area (Å²) in [5.74, 6) is -5.19. The third-order valence-electron chi connectivity index (χ3n) is 6.19. The average molecular weight is 685 g/mol. The molecule has 46 heavy (non-hydrogen) atoms. The monoisotopic (exact) mass is 684 g/mol. The van der Waals surface area contributed by atoms with E-state index in [9.17, 15) is 52.2 Å². The van der Waals surface area contributed by atoms with Crippen LogP contribution >= 0.6 is 11.3 Å². The van der Waals surface area contributed by atoms with Gasteiger partial charge in [-0.3, -0.25) is 29.5 Å². The largest absolute Gasteiger partial charge is 0.503 e. The lowest BCUT2D eigenvalue weighted by molar-refractivity contribution is -0.161. The number of carbonyl (C=O) groups excluding carboxylic acids is 5. The number of aromatic hydroxyl groups is 1. The van der Waals surface area contributed by atoms with Gasteiger partial charge in [0.25, 0.3) is 17.7 Å². The standard InChI is InChI=1S/C22H24N10O12S2/c1-22(2,18(38)39)44-28-14(11-8-45-19(23)26-11)16(36)25-10-7-30(17(10)37)20(40)29-46(42,43)32-4-3-31(21(32)41)27-15(35)9-5-12(33)13(34)6-24-9/h5-6,8,10,34H,3-4,7H2,1-2H3,(H2,23,26)(H,24,33)(H,25,36)(H,27,35)(H,29,40)(H,38,39)/b28-14+. The van der Waals surface area contributed by atoms with Gasteiger partial charge >= 0.3 is 28.2 Å².